The van der Waals surface area contributed by atoms with E-state index in [0.29, 0.717) is 33.6 Å². The summed E-state index contributed by atoms with van der Waals surface area (Å²) < 4.78 is 5.24. The van der Waals surface area contributed by atoms with Crippen LogP contribution in [0, 0.1) is 6.92 Å². The zero-order chi connectivity index (χ0) is 26.5. The van der Waals surface area contributed by atoms with Gasteiger partial charge in [-0.2, -0.15) is 0 Å². The van der Waals surface area contributed by atoms with Crippen molar-refractivity contribution in [1.29, 1.82) is 0 Å². The number of anilines is 2. The average molecular weight is 555 g/mol. The average Bonchev–Trinajstić information content (AvgIpc) is 3.11. The number of thioether (sulfide) groups is 1. The summed E-state index contributed by atoms with van der Waals surface area (Å²) in [4.78, 5) is 41.5. The zero-order valence-corrected chi connectivity index (χ0v) is 22.5. The molecule has 0 saturated carbocycles. The van der Waals surface area contributed by atoms with Crippen LogP contribution in [0.3, 0.4) is 0 Å². The number of hydrogen-bond donors (Lipinski definition) is 1. The van der Waals surface area contributed by atoms with Gasteiger partial charge in [0, 0.05) is 20.6 Å². The van der Waals surface area contributed by atoms with E-state index in [1.165, 1.54) is 11.8 Å². The maximum atomic E-state index is 13.6. The smallest absolute Gasteiger partial charge is 0.338 e. The van der Waals surface area contributed by atoms with Crippen molar-refractivity contribution in [2.45, 2.75) is 31.6 Å². The van der Waals surface area contributed by atoms with E-state index in [0.717, 1.165) is 28.2 Å². The number of carbonyl (C=O) groups excluding carboxylic acids is 3. The van der Waals surface area contributed by atoms with Crippen molar-refractivity contribution in [3.8, 4) is 0 Å². The lowest BCUT2D eigenvalue weighted by Gasteiger charge is -2.16. The van der Waals surface area contributed by atoms with Gasteiger partial charge in [0.05, 0.1) is 17.9 Å². The van der Waals surface area contributed by atoms with Crippen molar-refractivity contribution in [1.82, 2.24) is 0 Å². The van der Waals surface area contributed by atoms with Gasteiger partial charge in [-0.05, 0) is 79.6 Å². The number of halogens is 2. The van der Waals surface area contributed by atoms with E-state index >= 15 is 0 Å². The van der Waals surface area contributed by atoms with Crippen molar-refractivity contribution >= 4 is 64.1 Å². The Hall–Kier alpha value is -3.26. The van der Waals surface area contributed by atoms with Gasteiger partial charge in [0.15, 0.2) is 0 Å². The highest BCUT2D eigenvalue weighted by Crippen LogP contribution is 2.38. The van der Waals surface area contributed by atoms with Crippen molar-refractivity contribution in [3.05, 3.63) is 98.5 Å². The largest absolute Gasteiger partial charge is 0.462 e. The maximum absolute atomic E-state index is 13.6. The molecule has 1 N–H and O–H groups in total. The minimum atomic E-state index is -0.515. The number of rotatable bonds is 9. The van der Waals surface area contributed by atoms with Crippen molar-refractivity contribution in [2.24, 2.45) is 0 Å². The number of esters is 1. The van der Waals surface area contributed by atoms with E-state index < -0.39 is 17.8 Å². The Bertz CT molecular complexity index is 1370. The highest BCUT2D eigenvalue weighted by atomic mass is 35.5. The van der Waals surface area contributed by atoms with E-state index in [1.54, 1.807) is 60.7 Å². The van der Waals surface area contributed by atoms with Crippen LogP contribution in [-0.4, -0.2) is 24.4 Å². The molecule has 190 valence electrons. The van der Waals surface area contributed by atoms with Crippen LogP contribution in [0.2, 0.25) is 10.0 Å². The van der Waals surface area contributed by atoms with Crippen LogP contribution < -0.4 is 10.2 Å². The van der Waals surface area contributed by atoms with Gasteiger partial charge in [0.1, 0.15) is 10.6 Å². The first-order valence-electron chi connectivity index (χ1n) is 11.7. The van der Waals surface area contributed by atoms with E-state index in [9.17, 15) is 14.4 Å². The minimum Gasteiger partial charge on any atom is -0.462 e. The predicted octanol–water partition coefficient (Wildman–Crippen LogP) is 7.25. The Morgan fingerprint density at radius 3 is 2.30 bits per heavy atom. The Morgan fingerprint density at radius 1 is 0.946 bits per heavy atom. The number of nitrogens with one attached hydrogen (secondary N) is 1. The molecule has 1 aliphatic heterocycles. The van der Waals surface area contributed by atoms with Crippen LogP contribution in [-0.2, 0) is 14.3 Å². The van der Waals surface area contributed by atoms with Gasteiger partial charge in [-0.15, -0.1) is 0 Å². The fourth-order valence-electron chi connectivity index (χ4n) is 3.57. The molecule has 1 aliphatic rings. The summed E-state index contributed by atoms with van der Waals surface area (Å²) in [6, 6.07) is 18.5. The van der Waals surface area contributed by atoms with Crippen LogP contribution >= 0.6 is 35.0 Å². The molecule has 6 nitrogen and oxygen atoms in total. The Kier molecular flexibility index (Phi) is 8.59. The number of ether oxygens (including phenoxy) is 1. The Morgan fingerprint density at radius 2 is 1.62 bits per heavy atom. The summed E-state index contributed by atoms with van der Waals surface area (Å²) in [5.74, 6) is -1.44. The van der Waals surface area contributed by atoms with Crippen molar-refractivity contribution in [2.75, 3.05) is 16.8 Å². The molecule has 0 atom stereocenters. The summed E-state index contributed by atoms with van der Waals surface area (Å²) in [5, 5.41) is 4.19. The zero-order valence-electron chi connectivity index (χ0n) is 20.2. The summed E-state index contributed by atoms with van der Waals surface area (Å²) in [6.45, 7) is 4.23. The van der Waals surface area contributed by atoms with Gasteiger partial charge in [-0.3, -0.25) is 9.59 Å². The van der Waals surface area contributed by atoms with E-state index in [-0.39, 0.29) is 10.6 Å². The SMILES string of the molecule is CCCCOC(=O)c1ccc(N2C(=O)C(Nc3cc(Cl)ccc3C)=C(Sc3ccc(Cl)cc3)C2=O)cc1. The van der Waals surface area contributed by atoms with E-state index in [4.69, 9.17) is 27.9 Å². The van der Waals surface area contributed by atoms with Gasteiger partial charge in [-0.1, -0.05) is 54.4 Å². The van der Waals surface area contributed by atoms with Crippen LogP contribution in [0.15, 0.2) is 82.2 Å². The molecular formula is C28H24Cl2N2O4S. The summed E-state index contributed by atoms with van der Waals surface area (Å²) >= 11 is 13.4. The lowest BCUT2D eigenvalue weighted by atomic mass is 10.2. The maximum Gasteiger partial charge on any atom is 0.338 e. The van der Waals surface area contributed by atoms with Crippen LogP contribution in [0.5, 0.6) is 0 Å². The molecule has 2 amide bonds. The molecule has 1 heterocycles. The number of imide groups is 1. The second kappa shape index (κ2) is 11.9. The molecule has 0 spiro atoms. The molecule has 0 radical (unpaired) electrons. The summed E-state index contributed by atoms with van der Waals surface area (Å²) in [7, 11) is 0. The minimum absolute atomic E-state index is 0.137. The number of unbranched alkanes of at least 4 members (excludes halogenated alkanes) is 1. The molecule has 0 unspecified atom stereocenters. The van der Waals surface area contributed by atoms with E-state index in [2.05, 4.69) is 5.32 Å². The van der Waals surface area contributed by atoms with Crippen molar-refractivity contribution < 1.29 is 19.1 Å². The molecule has 0 aliphatic carbocycles. The molecule has 0 saturated heterocycles. The molecule has 4 rings (SSSR count). The molecule has 0 bridgehead atoms. The molecule has 0 aromatic heterocycles. The third kappa shape index (κ3) is 6.18. The number of benzene rings is 3. The van der Waals surface area contributed by atoms with Crippen molar-refractivity contribution in [3.63, 3.8) is 0 Å². The highest BCUT2D eigenvalue weighted by Gasteiger charge is 2.40. The second-order valence-corrected chi connectivity index (χ2v) is 10.3. The van der Waals surface area contributed by atoms with Gasteiger partial charge in [-0.25, -0.2) is 9.69 Å². The molecule has 37 heavy (non-hydrogen) atoms. The number of carbonyl (C=O) groups is 3. The summed E-state index contributed by atoms with van der Waals surface area (Å²) in [5.41, 5.74) is 2.30. The normalized spacial score (nSPS) is 13.4. The topological polar surface area (TPSA) is 75.7 Å². The van der Waals surface area contributed by atoms with Crippen LogP contribution in [0.4, 0.5) is 11.4 Å². The molecule has 0 fully saturated rings. The lowest BCUT2D eigenvalue weighted by molar-refractivity contribution is -0.120. The highest BCUT2D eigenvalue weighted by molar-refractivity contribution is 8.04. The van der Waals surface area contributed by atoms with Gasteiger partial charge in [0.2, 0.25) is 0 Å². The van der Waals surface area contributed by atoms with Gasteiger partial charge >= 0.3 is 5.97 Å². The Labute approximate surface area is 229 Å². The lowest BCUT2D eigenvalue weighted by Crippen LogP contribution is -2.32. The molecule has 9 heteroatoms. The first kappa shape index (κ1) is 26.8. The third-order valence-corrected chi connectivity index (χ3v) is 7.20. The van der Waals surface area contributed by atoms with E-state index in [1.807, 2.05) is 19.9 Å². The molecule has 3 aromatic carbocycles. The fourth-order valence-corrected chi connectivity index (χ4v) is 4.80. The number of hydrogen-bond acceptors (Lipinski definition) is 6. The first-order chi connectivity index (χ1) is 17.8. The fraction of sp³-hybridized carbons (Fsp3) is 0.179. The van der Waals surface area contributed by atoms with Crippen LogP contribution in [0.25, 0.3) is 0 Å². The quantitative estimate of drug-likeness (QED) is 0.170. The standard InChI is InChI=1S/C28H24Cl2N2O4S/c1-3-4-15-36-28(35)18-6-11-21(12-7-18)32-26(33)24(31-23-16-20(30)8-5-17(23)2)25(27(32)34)37-22-13-9-19(29)10-14-22/h5-14,16,31H,3-4,15H2,1-2H3. The molecule has 3 aromatic rings. The summed E-state index contributed by atoms with van der Waals surface area (Å²) in [6.07, 6.45) is 1.70. The number of amides is 2. The predicted molar refractivity (Wildman–Crippen MR) is 148 cm³/mol. The van der Waals surface area contributed by atoms with Gasteiger partial charge in [0.25, 0.3) is 11.8 Å². The second-order valence-electron chi connectivity index (χ2n) is 8.33. The third-order valence-electron chi connectivity index (χ3n) is 5.63. The van der Waals surface area contributed by atoms with Gasteiger partial charge < -0.3 is 10.1 Å². The monoisotopic (exact) mass is 554 g/mol. The first-order valence-corrected chi connectivity index (χ1v) is 13.2. The number of aryl methyl sites for hydroxylation is 1. The Balaban J connectivity index is 1.65. The number of nitrogens with zero attached hydrogens (tertiary/aromatic N) is 1. The van der Waals surface area contributed by atoms with Crippen LogP contribution in [0.1, 0.15) is 35.7 Å². The molecular weight excluding hydrogens is 531 g/mol.